The van der Waals surface area contributed by atoms with Gasteiger partial charge in [0, 0.05) is 14.4 Å². The van der Waals surface area contributed by atoms with Crippen LogP contribution < -0.4 is 15.1 Å². The van der Waals surface area contributed by atoms with Crippen LogP contribution in [0.5, 0.6) is 0 Å². The molecule has 0 spiro atoms. The van der Waals surface area contributed by atoms with E-state index >= 15 is 0 Å². The molecule has 0 fully saturated rings. The van der Waals surface area contributed by atoms with Crippen molar-refractivity contribution in [2.45, 2.75) is 96.8 Å². The summed E-state index contributed by atoms with van der Waals surface area (Å²) in [6.07, 6.45) is 20.5. The highest BCUT2D eigenvalue weighted by Crippen LogP contribution is 2.31. The number of amides is 1. The average molecular weight is 389 g/mol. The van der Waals surface area contributed by atoms with E-state index in [1.54, 1.807) is 0 Å². The first kappa shape index (κ1) is 25.5. The van der Waals surface area contributed by atoms with E-state index in [1.165, 1.54) is 57.8 Å². The van der Waals surface area contributed by atoms with Gasteiger partial charge in [-0.2, -0.15) is 0 Å². The molecule has 154 valence electrons. The van der Waals surface area contributed by atoms with Gasteiger partial charge in [0.15, 0.2) is 0 Å². The fourth-order valence-electron chi connectivity index (χ4n) is 2.78. The van der Waals surface area contributed by atoms with Gasteiger partial charge in [-0.15, -0.1) is 0 Å². The number of unbranched alkanes of at least 4 members (excludes halogenated alkanes) is 11. The molecule has 0 atom stereocenters. The molecule has 0 saturated carbocycles. The van der Waals surface area contributed by atoms with E-state index in [9.17, 15) is 14.6 Å². The third-order valence-corrected chi connectivity index (χ3v) is 5.17. The lowest BCUT2D eigenvalue weighted by atomic mass is 10.1. The van der Waals surface area contributed by atoms with Crippen LogP contribution in [-0.2, 0) is 4.79 Å². The fourth-order valence-corrected chi connectivity index (χ4v) is 3.18. The van der Waals surface area contributed by atoms with Gasteiger partial charge in [-0.3, -0.25) is 9.69 Å². The molecule has 6 heteroatoms. The van der Waals surface area contributed by atoms with Crippen molar-refractivity contribution in [1.29, 1.82) is 0 Å². The van der Waals surface area contributed by atoms with Gasteiger partial charge in [0.1, 0.15) is 0 Å². The maximum atomic E-state index is 11.5. The minimum atomic E-state index is -4.26. The van der Waals surface area contributed by atoms with Crippen molar-refractivity contribution < 1.29 is 19.5 Å². The summed E-state index contributed by atoms with van der Waals surface area (Å²) in [6, 6.07) is 0. The Morgan fingerprint density at radius 2 is 1.38 bits per heavy atom. The van der Waals surface area contributed by atoms with E-state index in [0.29, 0.717) is 6.42 Å². The van der Waals surface area contributed by atoms with Crippen molar-refractivity contribution >= 4 is 13.9 Å². The molecule has 0 rings (SSSR count). The molecule has 5 nitrogen and oxygen atoms in total. The fraction of sp³-hybridized carbons (Fsp3) is 0.850. The average Bonchev–Trinajstić information content (AvgIpc) is 2.57. The molecule has 0 aromatic carbocycles. The smallest absolute Gasteiger partial charge is 0.220 e. The Kier molecular flexibility index (Phi) is 17.6. The number of rotatable bonds is 18. The van der Waals surface area contributed by atoms with Crippen LogP contribution in [0.2, 0.25) is 0 Å². The lowest BCUT2D eigenvalue weighted by Gasteiger charge is -2.27. The quantitative estimate of drug-likeness (QED) is 0.213. The topological polar surface area (TPSA) is 95.5 Å². The van der Waals surface area contributed by atoms with Crippen molar-refractivity contribution in [3.05, 3.63) is 12.2 Å². The third-order valence-electron chi connectivity index (χ3n) is 4.38. The summed E-state index contributed by atoms with van der Waals surface area (Å²) in [4.78, 5) is 41.2. The molecule has 0 unspecified atom stereocenters. The van der Waals surface area contributed by atoms with Crippen LogP contribution in [0.3, 0.4) is 0 Å². The normalized spacial score (nSPS) is 12.0. The number of hydrogen-bond acceptors (Lipinski definition) is 4. The number of hydrogen-bond donors (Lipinski definition) is 2. The largest absolute Gasteiger partial charge is 0.660 e. The predicted molar refractivity (Wildman–Crippen MR) is 106 cm³/mol. The number of carbonyl (C=O) groups is 1. The van der Waals surface area contributed by atoms with Crippen LogP contribution >= 0.6 is 7.94 Å². The van der Waals surface area contributed by atoms with Gasteiger partial charge in [0.2, 0.25) is 5.91 Å². The Morgan fingerprint density at radius 1 is 0.885 bits per heavy atom. The van der Waals surface area contributed by atoms with Gasteiger partial charge >= 0.3 is 0 Å². The summed E-state index contributed by atoms with van der Waals surface area (Å²) in [5, 5.41) is 2.51. The highest BCUT2D eigenvalue weighted by Gasteiger charge is 2.08. The van der Waals surface area contributed by atoms with Crippen molar-refractivity contribution in [3.63, 3.8) is 0 Å². The van der Waals surface area contributed by atoms with E-state index < -0.39 is 14.1 Å². The van der Waals surface area contributed by atoms with E-state index in [4.69, 9.17) is 4.89 Å². The Morgan fingerprint density at radius 3 is 1.92 bits per heavy atom. The standard InChI is InChI=1S/C20H40NO4P/c1-2-3-4-5-6-7-8-9-10-11-12-13-14-15-16-17-20(22)21-18-19-26(23,24)25/h9-10H,2-8,11-19H2,1H3,(H,21,22)(H2,23,24,25)/p-1/b10-9-. The molecular formula is C20H39NO4P-. The predicted octanol–water partition coefficient (Wildman–Crippen LogP) is 3.62. The highest BCUT2D eigenvalue weighted by molar-refractivity contribution is 7.55. The molecule has 26 heavy (non-hydrogen) atoms. The second-order valence-corrected chi connectivity index (χ2v) is 8.77. The monoisotopic (exact) mass is 388 g/mol. The Balaban J connectivity index is 3.25. The second-order valence-electron chi connectivity index (χ2n) is 7.05. The molecule has 0 heterocycles. The first-order chi connectivity index (χ1) is 12.5. The van der Waals surface area contributed by atoms with E-state index in [2.05, 4.69) is 24.4 Å². The molecule has 0 aromatic heterocycles. The maximum absolute atomic E-state index is 11.5. The van der Waals surface area contributed by atoms with Gasteiger partial charge in [-0.25, -0.2) is 0 Å². The summed E-state index contributed by atoms with van der Waals surface area (Å²) < 4.78 is 0. The molecule has 2 N–H and O–H groups in total. The first-order valence-electron chi connectivity index (χ1n) is 10.4. The molecule has 0 aliphatic heterocycles. The van der Waals surface area contributed by atoms with E-state index in [1.807, 2.05) is 0 Å². The van der Waals surface area contributed by atoms with Gasteiger partial charge in [-0.05, 0) is 32.1 Å². The van der Waals surface area contributed by atoms with Crippen molar-refractivity contribution in [2.24, 2.45) is 0 Å². The summed E-state index contributed by atoms with van der Waals surface area (Å²) in [7, 11) is -4.26. The molecule has 0 radical (unpaired) electrons. The Labute approximate surface area is 160 Å². The SMILES string of the molecule is CCCCCCCC/C=C\CCCCCCCC(=O)NCC[P+]([O-])([O-])O. The summed E-state index contributed by atoms with van der Waals surface area (Å²) >= 11 is 0. The summed E-state index contributed by atoms with van der Waals surface area (Å²) in [6.45, 7) is 2.23. The minimum absolute atomic E-state index is 0.0127. The van der Waals surface area contributed by atoms with Crippen molar-refractivity contribution in [1.82, 2.24) is 5.32 Å². The Bertz CT molecular complexity index is 356. The number of nitrogens with one attached hydrogen (secondary N) is 1. The lowest BCUT2D eigenvalue weighted by Crippen LogP contribution is -2.32. The second kappa shape index (κ2) is 17.9. The maximum Gasteiger partial charge on any atom is 0.220 e. The molecular weight excluding hydrogens is 349 g/mol. The zero-order valence-electron chi connectivity index (χ0n) is 16.6. The van der Waals surface area contributed by atoms with Gasteiger partial charge in [-0.1, -0.05) is 70.4 Å². The van der Waals surface area contributed by atoms with Crippen LogP contribution in [0.4, 0.5) is 0 Å². The van der Waals surface area contributed by atoms with Crippen LogP contribution in [0.1, 0.15) is 96.8 Å². The van der Waals surface area contributed by atoms with Gasteiger partial charge in [0.05, 0.1) is 12.7 Å². The minimum Gasteiger partial charge on any atom is -0.660 e. The van der Waals surface area contributed by atoms with Crippen LogP contribution in [0, 0.1) is 0 Å². The van der Waals surface area contributed by atoms with Gasteiger partial charge < -0.3 is 15.1 Å². The first-order valence-corrected chi connectivity index (χ1v) is 12.2. The molecule has 1 amide bonds. The van der Waals surface area contributed by atoms with Crippen LogP contribution in [0.15, 0.2) is 12.2 Å². The van der Waals surface area contributed by atoms with E-state index in [-0.39, 0.29) is 12.5 Å². The third kappa shape index (κ3) is 21.6. The van der Waals surface area contributed by atoms with E-state index in [0.717, 1.165) is 25.7 Å². The molecule has 0 aliphatic rings. The highest BCUT2D eigenvalue weighted by atomic mass is 31.2. The summed E-state index contributed by atoms with van der Waals surface area (Å²) in [5.74, 6) is -0.143. The lowest BCUT2D eigenvalue weighted by molar-refractivity contribution is -0.331. The molecule has 0 bridgehead atoms. The number of allylic oxidation sites excluding steroid dienone is 2. The van der Waals surface area contributed by atoms with Crippen LogP contribution in [0.25, 0.3) is 0 Å². The van der Waals surface area contributed by atoms with Crippen molar-refractivity contribution in [2.75, 3.05) is 12.7 Å². The van der Waals surface area contributed by atoms with Crippen LogP contribution in [-0.4, -0.2) is 23.5 Å². The summed E-state index contributed by atoms with van der Waals surface area (Å²) in [5.41, 5.74) is 0. The molecule has 0 aliphatic carbocycles. The number of carbonyl (C=O) groups excluding carboxylic acids is 1. The van der Waals surface area contributed by atoms with Gasteiger partial charge in [0.25, 0.3) is 0 Å². The Hall–Kier alpha value is -0.480. The van der Waals surface area contributed by atoms with Crippen molar-refractivity contribution in [3.8, 4) is 0 Å². The molecule has 0 saturated heterocycles. The zero-order valence-corrected chi connectivity index (χ0v) is 17.5. The zero-order chi connectivity index (χ0) is 19.5. The molecule has 0 aromatic rings.